The van der Waals surface area contributed by atoms with Crippen molar-refractivity contribution in [2.45, 2.75) is 32.9 Å². The number of aliphatic hydroxyl groups is 1. The van der Waals surface area contributed by atoms with E-state index in [4.69, 9.17) is 4.74 Å². The Morgan fingerprint density at radius 3 is 2.86 bits per heavy atom. The third-order valence-electron chi connectivity index (χ3n) is 3.24. The monoisotopic (exact) mass is 306 g/mol. The first-order valence-corrected chi connectivity index (χ1v) is 7.95. The van der Waals surface area contributed by atoms with Crippen LogP contribution in [-0.4, -0.2) is 29.3 Å². The summed E-state index contributed by atoms with van der Waals surface area (Å²) in [5, 5.41) is 16.2. The zero-order valence-electron chi connectivity index (χ0n) is 12.7. The van der Waals surface area contributed by atoms with Gasteiger partial charge in [-0.15, -0.1) is 11.3 Å². The van der Waals surface area contributed by atoms with Crippen molar-refractivity contribution in [1.82, 2.24) is 10.3 Å². The normalized spacial score (nSPS) is 13.9. The van der Waals surface area contributed by atoms with Gasteiger partial charge in [0, 0.05) is 18.1 Å². The first-order valence-electron chi connectivity index (χ1n) is 7.07. The number of aryl methyl sites for hydroxylation is 2. The van der Waals surface area contributed by atoms with Crippen LogP contribution in [0.25, 0.3) is 0 Å². The van der Waals surface area contributed by atoms with Crippen LogP contribution in [0.4, 0.5) is 0 Å². The molecular weight excluding hydrogens is 284 g/mol. The standard InChI is InChI=1S/C16H22N2O2S/c1-11-4-5-15(12(2)8-11)20-10-14(19)9-18-13(3)16-17-6-7-21-16/h4-8,13-14,18-19H,9-10H2,1-3H3. The fourth-order valence-corrected chi connectivity index (χ4v) is 2.72. The number of nitrogens with one attached hydrogen (secondary N) is 1. The van der Waals surface area contributed by atoms with Crippen LogP contribution in [0.15, 0.2) is 29.8 Å². The Bertz CT molecular complexity index is 557. The Labute approximate surface area is 129 Å². The third kappa shape index (κ3) is 4.81. The minimum Gasteiger partial charge on any atom is -0.491 e. The maximum atomic E-state index is 10.00. The molecule has 5 heteroatoms. The highest BCUT2D eigenvalue weighted by Gasteiger charge is 2.11. The molecule has 0 radical (unpaired) electrons. The van der Waals surface area contributed by atoms with Gasteiger partial charge in [0.2, 0.25) is 0 Å². The predicted octanol–water partition coefficient (Wildman–Crippen LogP) is 2.85. The number of nitrogens with zero attached hydrogens (tertiary/aromatic N) is 1. The summed E-state index contributed by atoms with van der Waals surface area (Å²) in [4.78, 5) is 4.25. The first-order chi connectivity index (χ1) is 10.1. The number of thiazole rings is 1. The van der Waals surface area contributed by atoms with E-state index in [-0.39, 0.29) is 12.6 Å². The molecule has 0 spiro atoms. The number of hydrogen-bond acceptors (Lipinski definition) is 5. The summed E-state index contributed by atoms with van der Waals surface area (Å²) in [6.45, 7) is 6.86. The number of benzene rings is 1. The fraction of sp³-hybridized carbons (Fsp3) is 0.438. The lowest BCUT2D eigenvalue weighted by atomic mass is 10.1. The molecule has 21 heavy (non-hydrogen) atoms. The second kappa shape index (κ2) is 7.54. The topological polar surface area (TPSA) is 54.4 Å². The number of aromatic nitrogens is 1. The van der Waals surface area contributed by atoms with E-state index in [1.54, 1.807) is 17.5 Å². The van der Waals surface area contributed by atoms with Crippen LogP contribution in [0.1, 0.15) is 29.1 Å². The molecular formula is C16H22N2O2S. The Morgan fingerprint density at radius 2 is 2.19 bits per heavy atom. The summed E-state index contributed by atoms with van der Waals surface area (Å²) in [7, 11) is 0. The SMILES string of the molecule is Cc1ccc(OCC(O)CNC(C)c2nccs2)c(C)c1. The maximum Gasteiger partial charge on any atom is 0.122 e. The van der Waals surface area contributed by atoms with Crippen molar-refractivity contribution in [1.29, 1.82) is 0 Å². The van der Waals surface area contributed by atoms with Crippen molar-refractivity contribution in [3.05, 3.63) is 45.9 Å². The summed E-state index contributed by atoms with van der Waals surface area (Å²) >= 11 is 1.61. The summed E-state index contributed by atoms with van der Waals surface area (Å²) in [5.74, 6) is 0.827. The van der Waals surface area contributed by atoms with Crippen molar-refractivity contribution in [3.8, 4) is 5.75 Å². The van der Waals surface area contributed by atoms with E-state index in [1.807, 2.05) is 31.4 Å². The van der Waals surface area contributed by atoms with E-state index >= 15 is 0 Å². The van der Waals surface area contributed by atoms with E-state index in [0.717, 1.165) is 16.3 Å². The van der Waals surface area contributed by atoms with Crippen molar-refractivity contribution in [2.24, 2.45) is 0 Å². The molecule has 1 aromatic carbocycles. The minimum atomic E-state index is -0.548. The molecule has 0 bridgehead atoms. The lowest BCUT2D eigenvalue weighted by Crippen LogP contribution is -2.33. The molecule has 1 heterocycles. The molecule has 2 atom stereocenters. The molecule has 2 unspecified atom stereocenters. The van der Waals surface area contributed by atoms with E-state index in [2.05, 4.69) is 23.3 Å². The molecule has 0 aliphatic heterocycles. The van der Waals surface area contributed by atoms with Crippen molar-refractivity contribution >= 4 is 11.3 Å². The summed E-state index contributed by atoms with van der Waals surface area (Å²) < 4.78 is 5.67. The van der Waals surface area contributed by atoms with E-state index in [0.29, 0.717) is 6.54 Å². The van der Waals surface area contributed by atoms with Crippen LogP contribution in [0.5, 0.6) is 5.75 Å². The van der Waals surface area contributed by atoms with Gasteiger partial charge in [0.15, 0.2) is 0 Å². The average molecular weight is 306 g/mol. The summed E-state index contributed by atoms with van der Waals surface area (Å²) in [6.07, 6.45) is 1.24. The molecule has 1 aromatic heterocycles. The lowest BCUT2D eigenvalue weighted by Gasteiger charge is -2.17. The highest BCUT2D eigenvalue weighted by atomic mass is 32.1. The molecule has 2 rings (SSSR count). The molecule has 0 amide bonds. The Morgan fingerprint density at radius 1 is 1.38 bits per heavy atom. The quantitative estimate of drug-likeness (QED) is 0.826. The number of hydrogen-bond donors (Lipinski definition) is 2. The van der Waals surface area contributed by atoms with Crippen molar-refractivity contribution in [3.63, 3.8) is 0 Å². The zero-order valence-corrected chi connectivity index (χ0v) is 13.5. The van der Waals surface area contributed by atoms with Crippen molar-refractivity contribution in [2.75, 3.05) is 13.2 Å². The largest absolute Gasteiger partial charge is 0.491 e. The molecule has 2 aromatic rings. The van der Waals surface area contributed by atoms with E-state index in [9.17, 15) is 5.11 Å². The second-order valence-corrected chi connectivity index (χ2v) is 6.16. The predicted molar refractivity (Wildman–Crippen MR) is 85.9 cm³/mol. The molecule has 4 nitrogen and oxygen atoms in total. The van der Waals surface area contributed by atoms with Crippen LogP contribution >= 0.6 is 11.3 Å². The first kappa shape index (κ1) is 15.9. The van der Waals surface area contributed by atoms with E-state index in [1.165, 1.54) is 5.56 Å². The van der Waals surface area contributed by atoms with Gasteiger partial charge in [-0.25, -0.2) is 4.98 Å². The van der Waals surface area contributed by atoms with Gasteiger partial charge in [-0.2, -0.15) is 0 Å². The third-order valence-corrected chi connectivity index (χ3v) is 4.20. The van der Waals surface area contributed by atoms with Gasteiger partial charge in [0.25, 0.3) is 0 Å². The molecule has 114 valence electrons. The smallest absolute Gasteiger partial charge is 0.122 e. The second-order valence-electron chi connectivity index (χ2n) is 5.23. The van der Waals surface area contributed by atoms with Gasteiger partial charge in [-0.1, -0.05) is 17.7 Å². The molecule has 0 aliphatic rings. The number of aliphatic hydroxyl groups excluding tert-OH is 1. The molecule has 0 aliphatic carbocycles. The highest BCUT2D eigenvalue weighted by molar-refractivity contribution is 7.09. The molecule has 2 N–H and O–H groups in total. The Hall–Kier alpha value is -1.43. The lowest BCUT2D eigenvalue weighted by molar-refractivity contribution is 0.104. The Balaban J connectivity index is 1.75. The Kier molecular flexibility index (Phi) is 5.73. The van der Waals surface area contributed by atoms with E-state index < -0.39 is 6.10 Å². The zero-order chi connectivity index (χ0) is 15.2. The summed E-state index contributed by atoms with van der Waals surface area (Å²) in [5.41, 5.74) is 2.30. The fourth-order valence-electron chi connectivity index (χ4n) is 2.05. The number of ether oxygens (including phenoxy) is 1. The van der Waals surface area contributed by atoms with Crippen LogP contribution in [0, 0.1) is 13.8 Å². The van der Waals surface area contributed by atoms with Gasteiger partial charge < -0.3 is 15.2 Å². The van der Waals surface area contributed by atoms with Gasteiger partial charge in [-0.05, 0) is 32.4 Å². The van der Waals surface area contributed by atoms with Gasteiger partial charge in [-0.3, -0.25) is 0 Å². The molecule has 0 saturated carbocycles. The maximum absolute atomic E-state index is 10.00. The van der Waals surface area contributed by atoms with Crippen LogP contribution < -0.4 is 10.1 Å². The van der Waals surface area contributed by atoms with Crippen LogP contribution in [0.3, 0.4) is 0 Å². The summed E-state index contributed by atoms with van der Waals surface area (Å²) in [6, 6.07) is 6.17. The van der Waals surface area contributed by atoms with Crippen LogP contribution in [-0.2, 0) is 0 Å². The molecule has 0 saturated heterocycles. The minimum absolute atomic E-state index is 0.140. The average Bonchev–Trinajstić information content (AvgIpc) is 2.98. The van der Waals surface area contributed by atoms with Crippen molar-refractivity contribution < 1.29 is 9.84 Å². The van der Waals surface area contributed by atoms with Gasteiger partial charge in [0.05, 0.1) is 6.04 Å². The number of rotatable bonds is 7. The van der Waals surface area contributed by atoms with Gasteiger partial charge in [0.1, 0.15) is 23.5 Å². The van der Waals surface area contributed by atoms with Crippen LogP contribution in [0.2, 0.25) is 0 Å². The molecule has 0 fully saturated rings. The van der Waals surface area contributed by atoms with Gasteiger partial charge >= 0.3 is 0 Å². The highest BCUT2D eigenvalue weighted by Crippen LogP contribution is 2.19.